The lowest BCUT2D eigenvalue weighted by Crippen LogP contribution is -2.41. The maximum Gasteiger partial charge on any atom is 0.243 e. The summed E-state index contributed by atoms with van der Waals surface area (Å²) in [4.78, 5) is 13.8. The highest BCUT2D eigenvalue weighted by Crippen LogP contribution is 2.23. The number of methoxy groups -OCH3 is 1. The molecule has 2 aromatic carbocycles. The van der Waals surface area contributed by atoms with Crippen LogP contribution in [0.1, 0.15) is 5.56 Å². The van der Waals surface area contributed by atoms with Gasteiger partial charge >= 0.3 is 0 Å². The molecule has 0 unspecified atom stereocenters. The molecule has 0 saturated heterocycles. The first-order valence-electron chi connectivity index (χ1n) is 7.91. The largest absolute Gasteiger partial charge is 0.497 e. The van der Waals surface area contributed by atoms with Crippen molar-refractivity contribution in [3.63, 3.8) is 0 Å². The fraction of sp³-hybridized carbons (Fsp3) is 0.278. The van der Waals surface area contributed by atoms with Crippen LogP contribution >= 0.6 is 0 Å². The predicted molar refractivity (Wildman–Crippen MR) is 98.0 cm³/mol. The van der Waals surface area contributed by atoms with E-state index >= 15 is 0 Å². The van der Waals surface area contributed by atoms with Gasteiger partial charge in [0.15, 0.2) is 0 Å². The number of hydrogen-bond donors (Lipinski definition) is 0. The SMILES string of the molecule is COc1ccc(CN(C)C(=O)CN(c2ccc(F)cc2F)S(C)(=O)=O)cc1. The third kappa shape index (κ3) is 5.40. The molecule has 0 atom stereocenters. The number of nitrogens with zero attached hydrogens (tertiary/aromatic N) is 2. The van der Waals surface area contributed by atoms with E-state index in [1.165, 1.54) is 11.9 Å². The van der Waals surface area contributed by atoms with Gasteiger partial charge in [0.25, 0.3) is 0 Å². The molecule has 0 aromatic heterocycles. The summed E-state index contributed by atoms with van der Waals surface area (Å²) in [6, 6.07) is 9.52. The number of halogens is 2. The number of carbonyl (C=O) groups excluding carboxylic acids is 1. The number of sulfonamides is 1. The van der Waals surface area contributed by atoms with Gasteiger partial charge in [0, 0.05) is 19.7 Å². The van der Waals surface area contributed by atoms with Gasteiger partial charge in [-0.3, -0.25) is 9.10 Å². The lowest BCUT2D eigenvalue weighted by Gasteiger charge is -2.25. The van der Waals surface area contributed by atoms with Crippen molar-refractivity contribution < 1.29 is 26.7 Å². The minimum atomic E-state index is -3.96. The Bertz CT molecular complexity index is 917. The molecule has 0 fully saturated rings. The molecule has 0 spiro atoms. The van der Waals surface area contributed by atoms with E-state index in [4.69, 9.17) is 4.74 Å². The third-order valence-corrected chi connectivity index (χ3v) is 4.99. The molecule has 1 amide bonds. The van der Waals surface area contributed by atoms with Crippen LogP contribution in [-0.2, 0) is 21.4 Å². The standard InChI is InChI=1S/C18H20F2N2O4S/c1-21(11-13-4-7-15(26-2)8-5-13)18(23)12-22(27(3,24)25)17-9-6-14(19)10-16(17)20/h4-10H,11-12H2,1-3H3. The Balaban J connectivity index is 2.17. The fourth-order valence-corrected chi connectivity index (χ4v) is 3.25. The highest BCUT2D eigenvalue weighted by Gasteiger charge is 2.25. The average Bonchev–Trinajstić information content (AvgIpc) is 2.59. The number of benzene rings is 2. The maximum atomic E-state index is 14.0. The topological polar surface area (TPSA) is 66.9 Å². The molecular weight excluding hydrogens is 378 g/mol. The summed E-state index contributed by atoms with van der Waals surface area (Å²) in [5, 5.41) is 0. The molecule has 0 aliphatic rings. The van der Waals surface area contributed by atoms with Crippen LogP contribution in [-0.4, -0.2) is 46.2 Å². The Morgan fingerprint density at radius 2 is 1.74 bits per heavy atom. The van der Waals surface area contributed by atoms with E-state index in [-0.39, 0.29) is 12.2 Å². The molecule has 2 aromatic rings. The van der Waals surface area contributed by atoms with E-state index in [1.807, 2.05) is 0 Å². The highest BCUT2D eigenvalue weighted by atomic mass is 32.2. The summed E-state index contributed by atoms with van der Waals surface area (Å²) >= 11 is 0. The summed E-state index contributed by atoms with van der Waals surface area (Å²) in [5.74, 6) is -1.78. The zero-order valence-electron chi connectivity index (χ0n) is 15.1. The first kappa shape index (κ1) is 20.6. The molecule has 6 nitrogen and oxygen atoms in total. The van der Waals surface area contributed by atoms with Gasteiger partial charge in [0.2, 0.25) is 15.9 Å². The lowest BCUT2D eigenvalue weighted by molar-refractivity contribution is -0.128. The van der Waals surface area contributed by atoms with Gasteiger partial charge in [-0.15, -0.1) is 0 Å². The first-order valence-corrected chi connectivity index (χ1v) is 9.76. The molecular formula is C18H20F2N2O4S. The Morgan fingerprint density at radius 3 is 2.26 bits per heavy atom. The number of likely N-dealkylation sites (N-methyl/N-ethyl adjacent to an activating group) is 1. The molecule has 0 N–H and O–H groups in total. The van der Waals surface area contributed by atoms with Gasteiger partial charge in [-0.2, -0.15) is 0 Å². The van der Waals surface area contributed by atoms with Crippen molar-refractivity contribution in [3.05, 3.63) is 59.7 Å². The maximum absolute atomic E-state index is 14.0. The second-order valence-corrected chi connectivity index (χ2v) is 7.87. The zero-order chi connectivity index (χ0) is 20.2. The molecule has 0 saturated carbocycles. The minimum absolute atomic E-state index is 0.229. The van der Waals surface area contributed by atoms with Crippen LogP contribution in [0.4, 0.5) is 14.5 Å². The second-order valence-electron chi connectivity index (χ2n) is 5.96. The van der Waals surface area contributed by atoms with E-state index in [0.717, 1.165) is 24.0 Å². The fourth-order valence-electron chi connectivity index (χ4n) is 2.40. The summed E-state index contributed by atoms with van der Waals surface area (Å²) in [5.41, 5.74) is 0.426. The third-order valence-electron chi connectivity index (χ3n) is 3.86. The van der Waals surface area contributed by atoms with Gasteiger partial charge < -0.3 is 9.64 Å². The van der Waals surface area contributed by atoms with E-state index in [2.05, 4.69) is 0 Å². The second kappa shape index (κ2) is 8.34. The van der Waals surface area contributed by atoms with Crippen molar-refractivity contribution in [1.29, 1.82) is 0 Å². The molecule has 27 heavy (non-hydrogen) atoms. The van der Waals surface area contributed by atoms with Gasteiger partial charge in [0.1, 0.15) is 23.9 Å². The summed E-state index contributed by atoms with van der Waals surface area (Å²) in [6.45, 7) is -0.375. The summed E-state index contributed by atoms with van der Waals surface area (Å²) in [6.07, 6.45) is 0.854. The molecule has 9 heteroatoms. The van der Waals surface area contributed by atoms with Crippen molar-refractivity contribution in [1.82, 2.24) is 4.90 Å². The van der Waals surface area contributed by atoms with Crippen LogP contribution < -0.4 is 9.04 Å². The van der Waals surface area contributed by atoms with E-state index in [0.29, 0.717) is 16.1 Å². The first-order chi connectivity index (χ1) is 12.6. The number of hydrogen-bond acceptors (Lipinski definition) is 4. The molecule has 0 heterocycles. The van der Waals surface area contributed by atoms with Gasteiger partial charge in [0.05, 0.1) is 19.1 Å². The van der Waals surface area contributed by atoms with E-state index in [9.17, 15) is 22.0 Å². The Morgan fingerprint density at radius 1 is 1.11 bits per heavy atom. The highest BCUT2D eigenvalue weighted by molar-refractivity contribution is 7.92. The van der Waals surface area contributed by atoms with E-state index in [1.54, 1.807) is 31.4 Å². The molecule has 0 bridgehead atoms. The molecule has 0 aliphatic heterocycles. The lowest BCUT2D eigenvalue weighted by atomic mass is 10.2. The Labute approximate surface area is 157 Å². The molecule has 0 radical (unpaired) electrons. The molecule has 146 valence electrons. The molecule has 2 rings (SSSR count). The minimum Gasteiger partial charge on any atom is -0.497 e. The van der Waals surface area contributed by atoms with Crippen LogP contribution in [0, 0.1) is 11.6 Å². The summed E-state index contributed by atoms with van der Waals surface area (Å²) in [7, 11) is -0.908. The Hall–Kier alpha value is -2.68. The Kier molecular flexibility index (Phi) is 6.37. The summed E-state index contributed by atoms with van der Waals surface area (Å²) < 4.78 is 56.9. The van der Waals surface area contributed by atoms with Crippen molar-refractivity contribution in [2.45, 2.75) is 6.54 Å². The number of carbonyl (C=O) groups is 1. The van der Waals surface area contributed by atoms with Crippen molar-refractivity contribution in [3.8, 4) is 5.75 Å². The number of anilines is 1. The number of rotatable bonds is 7. The monoisotopic (exact) mass is 398 g/mol. The van der Waals surface area contributed by atoms with Crippen LogP contribution in [0.2, 0.25) is 0 Å². The smallest absolute Gasteiger partial charge is 0.243 e. The average molecular weight is 398 g/mol. The number of amides is 1. The predicted octanol–water partition coefficient (Wildman–Crippen LogP) is 2.40. The normalized spacial score (nSPS) is 11.1. The zero-order valence-corrected chi connectivity index (χ0v) is 16.0. The van der Waals surface area contributed by atoms with Crippen molar-refractivity contribution in [2.24, 2.45) is 0 Å². The van der Waals surface area contributed by atoms with Crippen LogP contribution in [0.5, 0.6) is 5.75 Å². The van der Waals surface area contributed by atoms with Crippen molar-refractivity contribution in [2.75, 3.05) is 31.3 Å². The van der Waals surface area contributed by atoms with E-state index < -0.39 is 34.1 Å². The van der Waals surface area contributed by atoms with Crippen molar-refractivity contribution >= 4 is 21.6 Å². The molecule has 0 aliphatic carbocycles. The van der Waals surface area contributed by atoms with Gasteiger partial charge in [-0.25, -0.2) is 17.2 Å². The van der Waals surface area contributed by atoms with Gasteiger partial charge in [-0.05, 0) is 29.8 Å². The van der Waals surface area contributed by atoms with Crippen LogP contribution in [0.25, 0.3) is 0 Å². The quantitative estimate of drug-likeness (QED) is 0.718. The van der Waals surface area contributed by atoms with Gasteiger partial charge in [-0.1, -0.05) is 12.1 Å². The van der Waals surface area contributed by atoms with Crippen LogP contribution in [0.15, 0.2) is 42.5 Å². The van der Waals surface area contributed by atoms with Crippen LogP contribution in [0.3, 0.4) is 0 Å². The number of ether oxygens (including phenoxy) is 1.